The summed E-state index contributed by atoms with van der Waals surface area (Å²) < 4.78 is 0.974. The molecule has 2 amide bonds. The number of piperazine rings is 1. The van der Waals surface area contributed by atoms with Gasteiger partial charge in [-0.3, -0.25) is 14.9 Å². The summed E-state index contributed by atoms with van der Waals surface area (Å²) in [7, 11) is 1.86. The van der Waals surface area contributed by atoms with Crippen molar-refractivity contribution in [1.29, 1.82) is 0 Å². The van der Waals surface area contributed by atoms with Crippen LogP contribution < -0.4 is 15.5 Å². The van der Waals surface area contributed by atoms with Crippen LogP contribution in [0.5, 0.6) is 0 Å². The Morgan fingerprint density at radius 3 is 2.89 bits per heavy atom. The summed E-state index contributed by atoms with van der Waals surface area (Å²) in [6.45, 7) is 2.67. The largest absolute Gasteiger partial charge is 0.350 e. The minimum absolute atomic E-state index is 0.200. The number of anilines is 1. The van der Waals surface area contributed by atoms with Gasteiger partial charge < -0.3 is 10.2 Å². The van der Waals surface area contributed by atoms with Gasteiger partial charge >= 0.3 is 0 Å². The van der Waals surface area contributed by atoms with E-state index in [0.29, 0.717) is 6.54 Å². The number of amides is 2. The van der Waals surface area contributed by atoms with E-state index in [2.05, 4.69) is 26.6 Å². The third-order valence-electron chi connectivity index (χ3n) is 3.14. The Morgan fingerprint density at radius 2 is 2.21 bits per heavy atom. The number of carbonyl (C=O) groups is 2. The molecule has 1 atom stereocenters. The van der Waals surface area contributed by atoms with Crippen LogP contribution in [0.3, 0.4) is 0 Å². The molecule has 5 nitrogen and oxygen atoms in total. The number of imide groups is 1. The van der Waals surface area contributed by atoms with E-state index in [1.807, 2.05) is 30.1 Å². The number of benzene rings is 1. The lowest BCUT2D eigenvalue weighted by Crippen LogP contribution is -2.57. The summed E-state index contributed by atoms with van der Waals surface area (Å²) in [6.07, 6.45) is 0. The zero-order valence-electron chi connectivity index (χ0n) is 10.9. The van der Waals surface area contributed by atoms with Crippen LogP contribution in [0.2, 0.25) is 0 Å². The quantitative estimate of drug-likeness (QED) is 0.814. The van der Waals surface area contributed by atoms with Crippen molar-refractivity contribution in [2.75, 3.05) is 18.5 Å². The molecule has 0 aromatic heterocycles. The Balaban J connectivity index is 2.39. The SMILES string of the molecule is CNCc1cc(Br)ccc1N1CC(=O)NC(=O)C1C. The molecule has 1 heterocycles. The summed E-state index contributed by atoms with van der Waals surface area (Å²) >= 11 is 3.44. The lowest BCUT2D eigenvalue weighted by atomic mass is 10.1. The van der Waals surface area contributed by atoms with Crippen molar-refractivity contribution < 1.29 is 9.59 Å². The number of hydrogen-bond acceptors (Lipinski definition) is 4. The Labute approximate surface area is 120 Å². The summed E-state index contributed by atoms with van der Waals surface area (Å²) in [6, 6.07) is 5.49. The second-order valence-electron chi connectivity index (χ2n) is 4.52. The Kier molecular flexibility index (Phi) is 4.21. The summed E-state index contributed by atoms with van der Waals surface area (Å²) in [5, 5.41) is 5.44. The first-order valence-electron chi connectivity index (χ1n) is 6.06. The normalized spacial score (nSPS) is 19.5. The third-order valence-corrected chi connectivity index (χ3v) is 3.63. The second kappa shape index (κ2) is 5.71. The van der Waals surface area contributed by atoms with E-state index < -0.39 is 0 Å². The fourth-order valence-electron chi connectivity index (χ4n) is 2.17. The van der Waals surface area contributed by atoms with Crippen LogP contribution in [0.25, 0.3) is 0 Å². The van der Waals surface area contributed by atoms with Crippen molar-refractivity contribution in [2.24, 2.45) is 0 Å². The van der Waals surface area contributed by atoms with Crippen LogP contribution in [0.4, 0.5) is 5.69 Å². The lowest BCUT2D eigenvalue weighted by molar-refractivity contribution is -0.132. The van der Waals surface area contributed by atoms with E-state index in [9.17, 15) is 9.59 Å². The Morgan fingerprint density at radius 1 is 1.47 bits per heavy atom. The number of rotatable bonds is 3. The van der Waals surface area contributed by atoms with Crippen LogP contribution in [0.1, 0.15) is 12.5 Å². The highest BCUT2D eigenvalue weighted by Gasteiger charge is 2.31. The Bertz CT molecular complexity index is 519. The molecular weight excluding hydrogens is 310 g/mol. The number of halogens is 1. The van der Waals surface area contributed by atoms with E-state index >= 15 is 0 Å². The molecule has 1 unspecified atom stereocenters. The number of nitrogens with zero attached hydrogens (tertiary/aromatic N) is 1. The van der Waals surface area contributed by atoms with E-state index in [4.69, 9.17) is 0 Å². The molecule has 19 heavy (non-hydrogen) atoms. The predicted molar refractivity (Wildman–Crippen MR) is 76.9 cm³/mol. The van der Waals surface area contributed by atoms with Gasteiger partial charge in [0.25, 0.3) is 0 Å². The van der Waals surface area contributed by atoms with E-state index in [-0.39, 0.29) is 24.4 Å². The van der Waals surface area contributed by atoms with Gasteiger partial charge in [0.05, 0.1) is 6.54 Å². The summed E-state index contributed by atoms with van der Waals surface area (Å²) in [5.41, 5.74) is 1.96. The smallest absolute Gasteiger partial charge is 0.249 e. The first-order chi connectivity index (χ1) is 9.02. The van der Waals surface area contributed by atoms with Crippen molar-refractivity contribution in [3.63, 3.8) is 0 Å². The standard InChI is InChI=1S/C13H16BrN3O2/c1-8-13(19)16-12(18)7-17(8)11-4-3-10(14)5-9(11)6-15-2/h3-5,8,15H,6-7H2,1-2H3,(H,16,18,19). The maximum atomic E-state index is 11.7. The first-order valence-corrected chi connectivity index (χ1v) is 6.85. The van der Waals surface area contributed by atoms with Crippen molar-refractivity contribution in [3.8, 4) is 0 Å². The highest BCUT2D eigenvalue weighted by Crippen LogP contribution is 2.27. The van der Waals surface area contributed by atoms with Gasteiger partial charge in [0, 0.05) is 16.7 Å². The average Bonchev–Trinajstić information content (AvgIpc) is 2.35. The molecule has 1 fully saturated rings. The molecule has 0 saturated carbocycles. The summed E-state index contributed by atoms with van der Waals surface area (Å²) in [5.74, 6) is -0.518. The number of hydrogen-bond donors (Lipinski definition) is 2. The van der Waals surface area contributed by atoms with Crippen LogP contribution >= 0.6 is 15.9 Å². The summed E-state index contributed by atoms with van der Waals surface area (Å²) in [4.78, 5) is 25.1. The zero-order valence-corrected chi connectivity index (χ0v) is 12.5. The minimum Gasteiger partial charge on any atom is -0.350 e. The van der Waals surface area contributed by atoms with Gasteiger partial charge in [-0.25, -0.2) is 0 Å². The van der Waals surface area contributed by atoms with E-state index in [0.717, 1.165) is 15.7 Å². The number of nitrogens with one attached hydrogen (secondary N) is 2. The van der Waals surface area contributed by atoms with Gasteiger partial charge in [-0.05, 0) is 37.7 Å². The van der Waals surface area contributed by atoms with Crippen LogP contribution in [-0.2, 0) is 16.1 Å². The van der Waals surface area contributed by atoms with Crippen LogP contribution in [-0.4, -0.2) is 31.4 Å². The van der Waals surface area contributed by atoms with Crippen LogP contribution in [0.15, 0.2) is 22.7 Å². The Hall–Kier alpha value is -1.40. The van der Waals surface area contributed by atoms with Gasteiger partial charge in [-0.1, -0.05) is 15.9 Å². The van der Waals surface area contributed by atoms with Crippen molar-refractivity contribution in [3.05, 3.63) is 28.2 Å². The fourth-order valence-corrected chi connectivity index (χ4v) is 2.58. The maximum Gasteiger partial charge on any atom is 0.249 e. The first kappa shape index (κ1) is 14.0. The molecule has 6 heteroatoms. The zero-order chi connectivity index (χ0) is 14.0. The molecule has 1 saturated heterocycles. The molecule has 1 aromatic rings. The third kappa shape index (κ3) is 2.96. The van der Waals surface area contributed by atoms with Crippen molar-refractivity contribution in [1.82, 2.24) is 10.6 Å². The molecule has 1 aromatic carbocycles. The minimum atomic E-state index is -0.352. The molecule has 0 aliphatic carbocycles. The van der Waals surface area contributed by atoms with E-state index in [1.165, 1.54) is 0 Å². The molecule has 0 bridgehead atoms. The van der Waals surface area contributed by atoms with Gasteiger partial charge in [-0.2, -0.15) is 0 Å². The lowest BCUT2D eigenvalue weighted by Gasteiger charge is -2.35. The van der Waals surface area contributed by atoms with Crippen molar-refractivity contribution >= 4 is 33.4 Å². The molecule has 1 aliphatic heterocycles. The highest BCUT2D eigenvalue weighted by molar-refractivity contribution is 9.10. The average molecular weight is 326 g/mol. The maximum absolute atomic E-state index is 11.7. The second-order valence-corrected chi connectivity index (χ2v) is 5.44. The van der Waals surface area contributed by atoms with Gasteiger partial charge in [0.1, 0.15) is 6.04 Å². The predicted octanol–water partition coefficient (Wildman–Crippen LogP) is 1.02. The van der Waals surface area contributed by atoms with Crippen molar-refractivity contribution in [2.45, 2.75) is 19.5 Å². The van der Waals surface area contributed by atoms with Gasteiger partial charge in [0.15, 0.2) is 0 Å². The molecule has 0 radical (unpaired) electrons. The molecule has 2 N–H and O–H groups in total. The highest BCUT2D eigenvalue weighted by atomic mass is 79.9. The number of carbonyl (C=O) groups excluding carboxylic acids is 2. The molecular formula is C13H16BrN3O2. The molecule has 1 aliphatic rings. The molecule has 102 valence electrons. The topological polar surface area (TPSA) is 61.4 Å². The van der Waals surface area contributed by atoms with Gasteiger partial charge in [-0.15, -0.1) is 0 Å². The monoisotopic (exact) mass is 325 g/mol. The van der Waals surface area contributed by atoms with Gasteiger partial charge in [0.2, 0.25) is 11.8 Å². The fraction of sp³-hybridized carbons (Fsp3) is 0.385. The van der Waals surface area contributed by atoms with Crippen LogP contribution in [0, 0.1) is 0 Å². The molecule has 0 spiro atoms. The molecule has 2 rings (SSSR count). The van der Waals surface area contributed by atoms with E-state index in [1.54, 1.807) is 6.92 Å².